The van der Waals surface area contributed by atoms with Crippen molar-refractivity contribution in [3.63, 3.8) is 0 Å². The molecule has 2 aromatic rings. The Morgan fingerprint density at radius 3 is 2.34 bits per heavy atom. The van der Waals surface area contributed by atoms with Crippen LogP contribution in [-0.4, -0.2) is 31.2 Å². The third-order valence-electron chi connectivity index (χ3n) is 8.65. The Morgan fingerprint density at radius 1 is 0.914 bits per heavy atom. The van der Waals surface area contributed by atoms with Gasteiger partial charge in [-0.25, -0.2) is 8.78 Å². The first-order chi connectivity index (χ1) is 17.0. The summed E-state index contributed by atoms with van der Waals surface area (Å²) in [4.78, 5) is 1.93. The van der Waals surface area contributed by atoms with E-state index >= 15 is 8.78 Å². The third kappa shape index (κ3) is 5.09. The normalized spacial score (nSPS) is 24.1. The molecule has 0 bridgehead atoms. The SMILES string of the molecule is C[C@H]1CC[C@H](C2=C(c3ccc(C(F)(F)C4CN(CCCF)C4)cc3)c3ccccc3CCC2)CC1. The predicted molar refractivity (Wildman–Crippen MR) is 137 cm³/mol. The second kappa shape index (κ2) is 10.5. The highest BCUT2D eigenvalue weighted by molar-refractivity contribution is 5.84. The van der Waals surface area contributed by atoms with Gasteiger partial charge in [0.15, 0.2) is 0 Å². The predicted octanol–water partition coefficient (Wildman–Crippen LogP) is 8.03. The molecular formula is C31H38F3N. The smallest absolute Gasteiger partial charge is 0.278 e. The Balaban J connectivity index is 1.44. The minimum absolute atomic E-state index is 0.104. The monoisotopic (exact) mass is 481 g/mol. The van der Waals surface area contributed by atoms with E-state index in [1.54, 1.807) is 17.7 Å². The van der Waals surface area contributed by atoms with Gasteiger partial charge in [-0.3, -0.25) is 4.39 Å². The van der Waals surface area contributed by atoms with Gasteiger partial charge in [0.05, 0.1) is 12.6 Å². The molecule has 1 heterocycles. The van der Waals surface area contributed by atoms with E-state index in [0.29, 0.717) is 32.0 Å². The van der Waals surface area contributed by atoms with Crippen molar-refractivity contribution in [1.82, 2.24) is 4.90 Å². The Kier molecular flexibility index (Phi) is 7.39. The fraction of sp³-hybridized carbons (Fsp3) is 0.548. The summed E-state index contributed by atoms with van der Waals surface area (Å²) in [7, 11) is 0. The first kappa shape index (κ1) is 24.6. The van der Waals surface area contributed by atoms with E-state index in [0.717, 1.165) is 30.7 Å². The number of hydrogen-bond donors (Lipinski definition) is 0. The van der Waals surface area contributed by atoms with E-state index in [1.165, 1.54) is 42.4 Å². The molecule has 0 amide bonds. The van der Waals surface area contributed by atoms with Gasteiger partial charge < -0.3 is 4.90 Å². The van der Waals surface area contributed by atoms with E-state index in [4.69, 9.17) is 0 Å². The number of allylic oxidation sites excluding steroid dienone is 1. The quantitative estimate of drug-likeness (QED) is 0.387. The molecule has 4 heteroatoms. The molecule has 2 aromatic carbocycles. The maximum atomic E-state index is 15.3. The van der Waals surface area contributed by atoms with Crippen LogP contribution in [0.2, 0.25) is 0 Å². The molecule has 0 aromatic heterocycles. The van der Waals surface area contributed by atoms with Gasteiger partial charge in [-0.05, 0) is 72.6 Å². The highest BCUT2D eigenvalue weighted by Gasteiger charge is 2.47. The van der Waals surface area contributed by atoms with Crippen molar-refractivity contribution in [1.29, 1.82) is 0 Å². The largest absolute Gasteiger partial charge is 0.302 e. The molecule has 2 fully saturated rings. The van der Waals surface area contributed by atoms with Crippen LogP contribution in [0.4, 0.5) is 13.2 Å². The molecule has 0 N–H and O–H groups in total. The molecule has 1 aliphatic heterocycles. The van der Waals surface area contributed by atoms with Gasteiger partial charge in [-0.1, -0.05) is 73.9 Å². The summed E-state index contributed by atoms with van der Waals surface area (Å²) in [6.45, 7) is 3.22. The van der Waals surface area contributed by atoms with Crippen molar-refractivity contribution in [2.45, 2.75) is 64.2 Å². The molecule has 188 valence electrons. The number of rotatable bonds is 7. The zero-order chi connectivity index (χ0) is 24.4. The number of likely N-dealkylation sites (tertiary alicyclic amines) is 1. The molecule has 1 saturated heterocycles. The molecule has 0 atom stereocenters. The summed E-state index contributed by atoms with van der Waals surface area (Å²) in [5, 5.41) is 0. The van der Waals surface area contributed by atoms with E-state index < -0.39 is 11.8 Å². The molecule has 35 heavy (non-hydrogen) atoms. The summed E-state index contributed by atoms with van der Waals surface area (Å²) in [5.41, 5.74) is 6.69. The van der Waals surface area contributed by atoms with Crippen LogP contribution in [0.5, 0.6) is 0 Å². The van der Waals surface area contributed by atoms with Crippen LogP contribution in [0.1, 0.15) is 74.1 Å². The number of benzene rings is 2. The number of nitrogens with zero attached hydrogens (tertiary/aromatic N) is 1. The third-order valence-corrected chi connectivity index (χ3v) is 8.65. The van der Waals surface area contributed by atoms with Crippen LogP contribution >= 0.6 is 0 Å². The van der Waals surface area contributed by atoms with Crippen LogP contribution in [0, 0.1) is 17.8 Å². The maximum absolute atomic E-state index is 15.3. The van der Waals surface area contributed by atoms with Gasteiger partial charge in [-0.15, -0.1) is 0 Å². The van der Waals surface area contributed by atoms with E-state index in [2.05, 4.69) is 31.2 Å². The van der Waals surface area contributed by atoms with Crippen LogP contribution < -0.4 is 0 Å². The zero-order valence-electron chi connectivity index (χ0n) is 20.9. The fourth-order valence-corrected chi connectivity index (χ4v) is 6.47. The highest BCUT2D eigenvalue weighted by Crippen LogP contribution is 2.45. The fourth-order valence-electron chi connectivity index (χ4n) is 6.47. The standard InChI is InChI=1S/C31H38F3N/c1-22-10-12-24(13-11-22)29-9-4-7-23-6-2-3-8-28(23)30(29)25-14-16-26(17-15-25)31(33,34)27-20-35(21-27)19-5-18-32/h2-3,6,8,14-17,22,24,27H,4-5,7,9-13,18-21H2,1H3/t22-,24-. The molecule has 0 radical (unpaired) electrons. The second-order valence-corrected chi connectivity index (χ2v) is 11.1. The van der Waals surface area contributed by atoms with Crippen molar-refractivity contribution in [2.75, 3.05) is 26.3 Å². The van der Waals surface area contributed by atoms with E-state index in [9.17, 15) is 4.39 Å². The van der Waals surface area contributed by atoms with Crippen molar-refractivity contribution < 1.29 is 13.2 Å². The zero-order valence-corrected chi connectivity index (χ0v) is 20.9. The molecule has 3 aliphatic rings. The van der Waals surface area contributed by atoms with Gasteiger partial charge in [0, 0.05) is 25.2 Å². The Morgan fingerprint density at radius 2 is 1.63 bits per heavy atom. The minimum Gasteiger partial charge on any atom is -0.302 e. The van der Waals surface area contributed by atoms with Gasteiger partial charge in [-0.2, -0.15) is 0 Å². The van der Waals surface area contributed by atoms with Crippen molar-refractivity contribution in [2.24, 2.45) is 17.8 Å². The Labute approximate surface area is 208 Å². The summed E-state index contributed by atoms with van der Waals surface area (Å²) in [5.74, 6) is -2.15. The molecule has 0 spiro atoms. The Hall–Kier alpha value is -2.07. The van der Waals surface area contributed by atoms with Gasteiger partial charge in [0.2, 0.25) is 0 Å². The van der Waals surface area contributed by atoms with Gasteiger partial charge in [0.1, 0.15) is 0 Å². The molecular weight excluding hydrogens is 443 g/mol. The number of aryl methyl sites for hydroxylation is 1. The van der Waals surface area contributed by atoms with Crippen molar-refractivity contribution in [3.05, 3.63) is 76.4 Å². The second-order valence-electron chi connectivity index (χ2n) is 11.1. The van der Waals surface area contributed by atoms with Crippen LogP contribution in [0.3, 0.4) is 0 Å². The van der Waals surface area contributed by atoms with E-state index in [1.807, 2.05) is 17.0 Å². The number of hydrogen-bond acceptors (Lipinski definition) is 1. The topological polar surface area (TPSA) is 3.24 Å². The Bertz CT molecular complexity index is 1030. The molecule has 1 nitrogen and oxygen atoms in total. The number of alkyl halides is 3. The van der Waals surface area contributed by atoms with Crippen LogP contribution in [-0.2, 0) is 12.3 Å². The number of fused-ring (bicyclic) bond motifs is 1. The first-order valence-electron chi connectivity index (χ1n) is 13.6. The molecule has 2 aliphatic carbocycles. The lowest BCUT2D eigenvalue weighted by Crippen LogP contribution is -2.53. The van der Waals surface area contributed by atoms with Crippen molar-refractivity contribution in [3.8, 4) is 0 Å². The molecule has 1 saturated carbocycles. The minimum atomic E-state index is -2.86. The summed E-state index contributed by atoms with van der Waals surface area (Å²) < 4.78 is 42.9. The van der Waals surface area contributed by atoms with Gasteiger partial charge >= 0.3 is 0 Å². The van der Waals surface area contributed by atoms with Crippen LogP contribution in [0.25, 0.3) is 5.57 Å². The first-order valence-corrected chi connectivity index (χ1v) is 13.6. The summed E-state index contributed by atoms with van der Waals surface area (Å²) in [6.07, 6.45) is 8.76. The molecule has 5 rings (SSSR count). The lowest BCUT2D eigenvalue weighted by Gasteiger charge is -2.43. The van der Waals surface area contributed by atoms with Crippen molar-refractivity contribution >= 4 is 5.57 Å². The van der Waals surface area contributed by atoms with E-state index in [-0.39, 0.29) is 12.2 Å². The summed E-state index contributed by atoms with van der Waals surface area (Å²) >= 11 is 0. The lowest BCUT2D eigenvalue weighted by molar-refractivity contribution is -0.124. The summed E-state index contributed by atoms with van der Waals surface area (Å²) in [6, 6.07) is 15.9. The maximum Gasteiger partial charge on any atom is 0.278 e. The average molecular weight is 482 g/mol. The molecule has 0 unspecified atom stereocenters. The van der Waals surface area contributed by atoms with Gasteiger partial charge in [0.25, 0.3) is 5.92 Å². The van der Waals surface area contributed by atoms with Crippen LogP contribution in [0.15, 0.2) is 54.1 Å². The number of halogens is 3. The highest BCUT2D eigenvalue weighted by atomic mass is 19.3. The lowest BCUT2D eigenvalue weighted by atomic mass is 9.75. The average Bonchev–Trinajstić information content (AvgIpc) is 3.03.